The molecule has 0 aliphatic carbocycles. The summed E-state index contributed by atoms with van der Waals surface area (Å²) in [5, 5.41) is 3.37. The average molecular weight is 374 g/mol. The lowest BCUT2D eigenvalue weighted by molar-refractivity contribution is -0.142. The summed E-state index contributed by atoms with van der Waals surface area (Å²) in [5.74, 6) is 1.88. The second-order valence-electron chi connectivity index (χ2n) is 6.84. The van der Waals surface area contributed by atoms with Gasteiger partial charge in [-0.25, -0.2) is 4.99 Å². The SMILES string of the molecule is CCNC(=NCc1cccc(OC)c1)N1CCN(C(=O)C2CCCO2)CC1. The van der Waals surface area contributed by atoms with Crippen LogP contribution >= 0.6 is 0 Å². The lowest BCUT2D eigenvalue weighted by Crippen LogP contribution is -2.55. The lowest BCUT2D eigenvalue weighted by Gasteiger charge is -2.37. The summed E-state index contributed by atoms with van der Waals surface area (Å²) in [6.45, 7) is 7.16. The van der Waals surface area contributed by atoms with Gasteiger partial charge in [-0.1, -0.05) is 12.1 Å². The number of carbonyl (C=O) groups excluding carboxylic acids is 1. The van der Waals surface area contributed by atoms with Crippen molar-refractivity contribution >= 4 is 11.9 Å². The third-order valence-corrected chi connectivity index (χ3v) is 4.98. The van der Waals surface area contributed by atoms with E-state index in [4.69, 9.17) is 14.5 Å². The van der Waals surface area contributed by atoms with E-state index in [9.17, 15) is 4.79 Å². The van der Waals surface area contributed by atoms with Crippen LogP contribution in [0.3, 0.4) is 0 Å². The fraction of sp³-hybridized carbons (Fsp3) is 0.600. The van der Waals surface area contributed by atoms with E-state index in [2.05, 4.69) is 17.1 Å². The van der Waals surface area contributed by atoms with E-state index in [0.717, 1.165) is 49.7 Å². The van der Waals surface area contributed by atoms with Gasteiger partial charge in [-0.05, 0) is 37.5 Å². The van der Waals surface area contributed by atoms with Crippen molar-refractivity contribution in [3.63, 3.8) is 0 Å². The molecule has 2 aliphatic heterocycles. The minimum atomic E-state index is -0.230. The molecule has 2 aliphatic rings. The molecule has 2 heterocycles. The van der Waals surface area contributed by atoms with Crippen LogP contribution in [0, 0.1) is 0 Å². The molecule has 2 saturated heterocycles. The zero-order chi connectivity index (χ0) is 19.1. The van der Waals surface area contributed by atoms with E-state index in [1.807, 2.05) is 29.2 Å². The molecule has 1 N–H and O–H groups in total. The highest BCUT2D eigenvalue weighted by atomic mass is 16.5. The van der Waals surface area contributed by atoms with Crippen molar-refractivity contribution in [2.75, 3.05) is 46.4 Å². The number of piperazine rings is 1. The molecule has 27 heavy (non-hydrogen) atoms. The van der Waals surface area contributed by atoms with Crippen LogP contribution in [0.4, 0.5) is 0 Å². The van der Waals surface area contributed by atoms with Crippen LogP contribution in [0.1, 0.15) is 25.3 Å². The Morgan fingerprint density at radius 3 is 2.74 bits per heavy atom. The summed E-state index contributed by atoms with van der Waals surface area (Å²) in [6.07, 6.45) is 1.60. The predicted molar refractivity (Wildman–Crippen MR) is 105 cm³/mol. The number of methoxy groups -OCH3 is 1. The Labute approximate surface area is 161 Å². The molecule has 3 rings (SSSR count). The molecule has 7 heteroatoms. The Hall–Kier alpha value is -2.28. The maximum absolute atomic E-state index is 12.5. The molecule has 0 spiro atoms. The maximum atomic E-state index is 12.5. The Kier molecular flexibility index (Phi) is 6.92. The van der Waals surface area contributed by atoms with E-state index in [1.54, 1.807) is 7.11 Å². The van der Waals surface area contributed by atoms with Gasteiger partial charge in [0, 0.05) is 39.3 Å². The normalized spacial score (nSPS) is 20.7. The summed E-state index contributed by atoms with van der Waals surface area (Å²) in [7, 11) is 1.67. The van der Waals surface area contributed by atoms with Crippen LogP contribution in [0.5, 0.6) is 5.75 Å². The number of benzene rings is 1. The molecule has 1 atom stereocenters. The first-order chi connectivity index (χ1) is 13.2. The average Bonchev–Trinajstić information content (AvgIpc) is 3.26. The predicted octanol–water partition coefficient (Wildman–Crippen LogP) is 1.48. The minimum Gasteiger partial charge on any atom is -0.497 e. The van der Waals surface area contributed by atoms with E-state index < -0.39 is 0 Å². The van der Waals surface area contributed by atoms with Gasteiger partial charge in [0.05, 0.1) is 13.7 Å². The first kappa shape index (κ1) is 19.5. The third-order valence-electron chi connectivity index (χ3n) is 4.98. The Balaban J connectivity index is 1.57. The van der Waals surface area contributed by atoms with Crippen LogP contribution in [0.2, 0.25) is 0 Å². The smallest absolute Gasteiger partial charge is 0.251 e. The minimum absolute atomic E-state index is 0.144. The fourth-order valence-electron chi connectivity index (χ4n) is 3.48. The van der Waals surface area contributed by atoms with E-state index >= 15 is 0 Å². The maximum Gasteiger partial charge on any atom is 0.251 e. The molecule has 1 unspecified atom stereocenters. The van der Waals surface area contributed by atoms with Gasteiger partial charge in [0.1, 0.15) is 11.9 Å². The zero-order valence-electron chi connectivity index (χ0n) is 16.3. The molecule has 0 bridgehead atoms. The highest BCUT2D eigenvalue weighted by Gasteiger charge is 2.30. The van der Waals surface area contributed by atoms with Gasteiger partial charge in [0.15, 0.2) is 5.96 Å². The topological polar surface area (TPSA) is 66.4 Å². The van der Waals surface area contributed by atoms with Crippen LogP contribution in [0.15, 0.2) is 29.3 Å². The van der Waals surface area contributed by atoms with E-state index in [-0.39, 0.29) is 12.0 Å². The number of amides is 1. The van der Waals surface area contributed by atoms with Gasteiger partial charge in [0.2, 0.25) is 0 Å². The third kappa shape index (κ3) is 5.13. The van der Waals surface area contributed by atoms with Crippen molar-refractivity contribution in [3.05, 3.63) is 29.8 Å². The summed E-state index contributed by atoms with van der Waals surface area (Å²) in [4.78, 5) is 21.4. The molecule has 148 valence electrons. The largest absolute Gasteiger partial charge is 0.497 e. The van der Waals surface area contributed by atoms with Gasteiger partial charge in [-0.2, -0.15) is 0 Å². The van der Waals surface area contributed by atoms with Gasteiger partial charge < -0.3 is 24.6 Å². The fourth-order valence-corrected chi connectivity index (χ4v) is 3.48. The number of carbonyl (C=O) groups is 1. The Morgan fingerprint density at radius 2 is 2.07 bits per heavy atom. The number of rotatable bonds is 5. The number of aliphatic imine (C=N–C) groups is 1. The Morgan fingerprint density at radius 1 is 1.30 bits per heavy atom. The van der Waals surface area contributed by atoms with Crippen LogP contribution in [-0.2, 0) is 16.1 Å². The van der Waals surface area contributed by atoms with Gasteiger partial charge >= 0.3 is 0 Å². The standard InChI is InChI=1S/C20H30N4O3/c1-3-21-20(22-15-16-6-4-7-17(14-16)26-2)24-11-9-23(10-12-24)19(25)18-8-5-13-27-18/h4,6-7,14,18H,3,5,8-13,15H2,1-2H3,(H,21,22). The first-order valence-electron chi connectivity index (χ1n) is 9.78. The highest BCUT2D eigenvalue weighted by Crippen LogP contribution is 2.16. The summed E-state index contributed by atoms with van der Waals surface area (Å²) in [5.41, 5.74) is 1.11. The van der Waals surface area contributed by atoms with E-state index in [0.29, 0.717) is 26.2 Å². The second kappa shape index (κ2) is 9.60. The van der Waals surface area contributed by atoms with Crippen molar-refractivity contribution in [2.45, 2.75) is 32.4 Å². The molecule has 0 aromatic heterocycles. The van der Waals surface area contributed by atoms with Crippen molar-refractivity contribution in [2.24, 2.45) is 4.99 Å². The number of hydrogen-bond acceptors (Lipinski definition) is 4. The quantitative estimate of drug-likeness (QED) is 0.625. The number of nitrogens with zero attached hydrogens (tertiary/aromatic N) is 3. The summed E-state index contributed by atoms with van der Waals surface area (Å²) >= 11 is 0. The van der Waals surface area contributed by atoms with Crippen LogP contribution in [0.25, 0.3) is 0 Å². The molecule has 1 aromatic carbocycles. The number of nitrogens with one attached hydrogen (secondary N) is 1. The zero-order valence-corrected chi connectivity index (χ0v) is 16.3. The van der Waals surface area contributed by atoms with Crippen molar-refractivity contribution in [3.8, 4) is 5.75 Å². The molecule has 7 nitrogen and oxygen atoms in total. The van der Waals surface area contributed by atoms with Crippen molar-refractivity contribution < 1.29 is 14.3 Å². The van der Waals surface area contributed by atoms with Gasteiger partial charge in [0.25, 0.3) is 5.91 Å². The molecular weight excluding hydrogens is 344 g/mol. The monoisotopic (exact) mass is 374 g/mol. The van der Waals surface area contributed by atoms with Gasteiger partial charge in [-0.15, -0.1) is 0 Å². The molecule has 0 saturated carbocycles. The molecule has 1 aromatic rings. The summed E-state index contributed by atoms with van der Waals surface area (Å²) in [6, 6.07) is 7.97. The van der Waals surface area contributed by atoms with Crippen LogP contribution < -0.4 is 10.1 Å². The number of ether oxygens (including phenoxy) is 2. The number of hydrogen-bond donors (Lipinski definition) is 1. The van der Waals surface area contributed by atoms with Crippen molar-refractivity contribution in [1.82, 2.24) is 15.1 Å². The van der Waals surface area contributed by atoms with Gasteiger partial charge in [-0.3, -0.25) is 4.79 Å². The Bertz CT molecular complexity index is 650. The summed E-state index contributed by atoms with van der Waals surface area (Å²) < 4.78 is 10.8. The van der Waals surface area contributed by atoms with E-state index in [1.165, 1.54) is 0 Å². The lowest BCUT2D eigenvalue weighted by atomic mass is 10.2. The molecule has 0 radical (unpaired) electrons. The molecular formula is C20H30N4O3. The molecule has 1 amide bonds. The second-order valence-corrected chi connectivity index (χ2v) is 6.84. The van der Waals surface area contributed by atoms with Crippen molar-refractivity contribution in [1.29, 1.82) is 0 Å². The first-order valence-corrected chi connectivity index (χ1v) is 9.78. The highest BCUT2D eigenvalue weighted by molar-refractivity contribution is 5.82. The number of guanidine groups is 1. The molecule has 2 fully saturated rings. The van der Waals surface area contributed by atoms with Crippen LogP contribution in [-0.4, -0.2) is 74.2 Å².